The van der Waals surface area contributed by atoms with Crippen molar-refractivity contribution in [2.24, 2.45) is 11.7 Å². The van der Waals surface area contributed by atoms with E-state index < -0.39 is 0 Å². The molecule has 3 atom stereocenters. The molecule has 2 rings (SSSR count). The van der Waals surface area contributed by atoms with Crippen LogP contribution >= 0.6 is 0 Å². The SMILES string of the molecule is CCC(C(=O)N1CCC(N)C(C)C1)c1ccccc1. The summed E-state index contributed by atoms with van der Waals surface area (Å²) < 4.78 is 0. The minimum atomic E-state index is -0.0114. The summed E-state index contributed by atoms with van der Waals surface area (Å²) in [7, 11) is 0. The van der Waals surface area contributed by atoms with Gasteiger partial charge in [-0.25, -0.2) is 0 Å². The second-order valence-corrected chi connectivity index (χ2v) is 5.59. The van der Waals surface area contributed by atoms with Crippen LogP contribution in [-0.2, 0) is 4.79 Å². The molecular weight excluding hydrogens is 236 g/mol. The lowest BCUT2D eigenvalue weighted by atomic mass is 9.91. The van der Waals surface area contributed by atoms with Gasteiger partial charge >= 0.3 is 0 Å². The number of nitrogens with zero attached hydrogens (tertiary/aromatic N) is 1. The fourth-order valence-corrected chi connectivity index (χ4v) is 2.82. The first-order chi connectivity index (χ1) is 9.13. The van der Waals surface area contributed by atoms with Crippen LogP contribution in [0, 0.1) is 5.92 Å². The molecule has 1 heterocycles. The van der Waals surface area contributed by atoms with Crippen molar-refractivity contribution >= 4 is 5.91 Å². The fourth-order valence-electron chi connectivity index (χ4n) is 2.82. The van der Waals surface area contributed by atoms with Gasteiger partial charge in [0.1, 0.15) is 0 Å². The number of carbonyl (C=O) groups is 1. The summed E-state index contributed by atoms with van der Waals surface area (Å²) in [6, 6.07) is 10.3. The molecule has 1 aromatic carbocycles. The van der Waals surface area contributed by atoms with Gasteiger partial charge in [-0.15, -0.1) is 0 Å². The first-order valence-electron chi connectivity index (χ1n) is 7.22. The van der Waals surface area contributed by atoms with Gasteiger partial charge in [-0.1, -0.05) is 44.2 Å². The number of benzene rings is 1. The maximum atomic E-state index is 12.7. The highest BCUT2D eigenvalue weighted by Crippen LogP contribution is 2.25. The third-order valence-corrected chi connectivity index (χ3v) is 4.19. The van der Waals surface area contributed by atoms with Crippen LogP contribution in [0.1, 0.15) is 38.2 Å². The third kappa shape index (κ3) is 3.16. The van der Waals surface area contributed by atoms with Gasteiger partial charge in [-0.3, -0.25) is 4.79 Å². The Bertz CT molecular complexity index is 418. The van der Waals surface area contributed by atoms with Crippen LogP contribution in [0.15, 0.2) is 30.3 Å². The van der Waals surface area contributed by atoms with Crippen molar-refractivity contribution in [1.29, 1.82) is 0 Å². The molecule has 1 amide bonds. The van der Waals surface area contributed by atoms with Crippen molar-refractivity contribution in [2.45, 2.75) is 38.6 Å². The minimum Gasteiger partial charge on any atom is -0.342 e. The van der Waals surface area contributed by atoms with Gasteiger partial charge in [0, 0.05) is 19.1 Å². The number of hydrogen-bond donors (Lipinski definition) is 1. The van der Waals surface area contributed by atoms with Crippen molar-refractivity contribution in [1.82, 2.24) is 4.90 Å². The van der Waals surface area contributed by atoms with Gasteiger partial charge in [-0.2, -0.15) is 0 Å². The highest BCUT2D eigenvalue weighted by molar-refractivity contribution is 5.83. The van der Waals surface area contributed by atoms with Crippen LogP contribution in [0.25, 0.3) is 0 Å². The van der Waals surface area contributed by atoms with Crippen LogP contribution in [-0.4, -0.2) is 29.9 Å². The normalized spacial score (nSPS) is 25.1. The Kier molecular flexibility index (Phi) is 4.59. The fraction of sp³-hybridized carbons (Fsp3) is 0.562. The number of piperidine rings is 1. The maximum Gasteiger partial charge on any atom is 0.230 e. The molecule has 1 aliphatic rings. The van der Waals surface area contributed by atoms with Crippen molar-refractivity contribution in [3.63, 3.8) is 0 Å². The standard InChI is InChI=1S/C16H24N2O/c1-3-14(13-7-5-4-6-8-13)16(19)18-10-9-15(17)12(2)11-18/h4-8,12,14-15H,3,9-11,17H2,1-2H3. The summed E-state index contributed by atoms with van der Waals surface area (Å²) in [4.78, 5) is 14.7. The zero-order valence-electron chi connectivity index (χ0n) is 11.9. The van der Waals surface area contributed by atoms with Crippen LogP contribution < -0.4 is 5.73 Å². The second kappa shape index (κ2) is 6.20. The first-order valence-corrected chi connectivity index (χ1v) is 7.22. The van der Waals surface area contributed by atoms with E-state index in [4.69, 9.17) is 5.73 Å². The Morgan fingerprint density at radius 1 is 1.42 bits per heavy atom. The van der Waals surface area contributed by atoms with E-state index in [-0.39, 0.29) is 17.9 Å². The third-order valence-electron chi connectivity index (χ3n) is 4.19. The molecule has 3 unspecified atom stereocenters. The summed E-state index contributed by atoms with van der Waals surface area (Å²) in [5, 5.41) is 0. The molecular formula is C16H24N2O. The van der Waals surface area contributed by atoms with E-state index in [0.29, 0.717) is 5.92 Å². The van der Waals surface area contributed by atoms with Gasteiger partial charge in [0.15, 0.2) is 0 Å². The van der Waals surface area contributed by atoms with Gasteiger partial charge < -0.3 is 10.6 Å². The average Bonchev–Trinajstić information content (AvgIpc) is 2.44. The Hall–Kier alpha value is -1.35. The molecule has 19 heavy (non-hydrogen) atoms. The Labute approximate surface area is 115 Å². The number of hydrogen-bond acceptors (Lipinski definition) is 2. The summed E-state index contributed by atoms with van der Waals surface area (Å²) in [6.07, 6.45) is 1.76. The molecule has 0 aromatic heterocycles. The lowest BCUT2D eigenvalue weighted by Crippen LogP contribution is -2.49. The van der Waals surface area contributed by atoms with Crippen LogP contribution in [0.2, 0.25) is 0 Å². The quantitative estimate of drug-likeness (QED) is 0.907. The molecule has 1 aromatic rings. The summed E-state index contributed by atoms with van der Waals surface area (Å²) >= 11 is 0. The Morgan fingerprint density at radius 2 is 2.11 bits per heavy atom. The van der Waals surface area contributed by atoms with Crippen molar-refractivity contribution in [3.8, 4) is 0 Å². The predicted octanol–water partition coefficient (Wildman–Crippen LogP) is 2.38. The van der Waals surface area contributed by atoms with Gasteiger partial charge in [0.25, 0.3) is 0 Å². The zero-order chi connectivity index (χ0) is 13.8. The molecule has 0 radical (unpaired) electrons. The van der Waals surface area contributed by atoms with Gasteiger partial charge in [-0.05, 0) is 24.3 Å². The van der Waals surface area contributed by atoms with E-state index in [1.165, 1.54) is 0 Å². The molecule has 0 aliphatic carbocycles. The molecule has 0 saturated carbocycles. The highest BCUT2D eigenvalue weighted by atomic mass is 16.2. The summed E-state index contributed by atoms with van der Waals surface area (Å²) in [5.41, 5.74) is 7.15. The van der Waals surface area contributed by atoms with Crippen molar-refractivity contribution in [3.05, 3.63) is 35.9 Å². The topological polar surface area (TPSA) is 46.3 Å². The van der Waals surface area contributed by atoms with E-state index >= 15 is 0 Å². The van der Waals surface area contributed by atoms with Crippen LogP contribution in [0.5, 0.6) is 0 Å². The minimum absolute atomic E-state index is 0.0114. The summed E-state index contributed by atoms with van der Waals surface area (Å²) in [6.45, 7) is 5.80. The van der Waals surface area contributed by atoms with E-state index in [9.17, 15) is 4.79 Å². The van der Waals surface area contributed by atoms with E-state index in [2.05, 4.69) is 13.8 Å². The monoisotopic (exact) mass is 260 g/mol. The lowest BCUT2D eigenvalue weighted by Gasteiger charge is -2.37. The smallest absolute Gasteiger partial charge is 0.230 e. The number of likely N-dealkylation sites (tertiary alicyclic amines) is 1. The van der Waals surface area contributed by atoms with Gasteiger partial charge in [0.05, 0.1) is 5.92 Å². The zero-order valence-corrected chi connectivity index (χ0v) is 11.9. The van der Waals surface area contributed by atoms with E-state index in [1.807, 2.05) is 35.2 Å². The van der Waals surface area contributed by atoms with E-state index in [0.717, 1.165) is 31.5 Å². The first kappa shape index (κ1) is 14.1. The van der Waals surface area contributed by atoms with Crippen molar-refractivity contribution in [2.75, 3.05) is 13.1 Å². The van der Waals surface area contributed by atoms with E-state index in [1.54, 1.807) is 0 Å². The number of rotatable bonds is 3. The van der Waals surface area contributed by atoms with Gasteiger partial charge in [0.2, 0.25) is 5.91 Å². The Balaban J connectivity index is 2.09. The highest BCUT2D eigenvalue weighted by Gasteiger charge is 2.30. The molecule has 1 fully saturated rings. The predicted molar refractivity (Wildman–Crippen MR) is 77.8 cm³/mol. The molecule has 1 saturated heterocycles. The Morgan fingerprint density at radius 3 is 2.68 bits per heavy atom. The lowest BCUT2D eigenvalue weighted by molar-refractivity contribution is -0.134. The number of amides is 1. The second-order valence-electron chi connectivity index (χ2n) is 5.59. The molecule has 1 aliphatic heterocycles. The molecule has 3 heteroatoms. The molecule has 3 nitrogen and oxygen atoms in total. The largest absolute Gasteiger partial charge is 0.342 e. The van der Waals surface area contributed by atoms with Crippen LogP contribution in [0.4, 0.5) is 0 Å². The number of nitrogens with two attached hydrogens (primary N) is 1. The summed E-state index contributed by atoms with van der Waals surface area (Å²) in [5.74, 6) is 0.640. The van der Waals surface area contributed by atoms with Crippen molar-refractivity contribution < 1.29 is 4.79 Å². The molecule has 104 valence electrons. The molecule has 0 bridgehead atoms. The number of carbonyl (C=O) groups excluding carboxylic acids is 1. The average molecular weight is 260 g/mol. The molecule has 0 spiro atoms. The van der Waals surface area contributed by atoms with Crippen LogP contribution in [0.3, 0.4) is 0 Å². The molecule has 2 N–H and O–H groups in total. The maximum absolute atomic E-state index is 12.7.